The van der Waals surface area contributed by atoms with E-state index in [0.29, 0.717) is 24.1 Å². The zero-order valence-electron chi connectivity index (χ0n) is 12.4. The van der Waals surface area contributed by atoms with Gasteiger partial charge in [0.05, 0.1) is 11.5 Å². The molecule has 1 saturated carbocycles. The van der Waals surface area contributed by atoms with Crippen molar-refractivity contribution in [3.8, 4) is 0 Å². The van der Waals surface area contributed by atoms with Crippen LogP contribution in [0.2, 0.25) is 0 Å². The maximum atomic E-state index is 12.1. The second kappa shape index (κ2) is 5.58. The van der Waals surface area contributed by atoms with Gasteiger partial charge in [-0.05, 0) is 51.0 Å². The first-order chi connectivity index (χ1) is 9.56. The lowest BCUT2D eigenvalue weighted by molar-refractivity contribution is -0.0212. The van der Waals surface area contributed by atoms with Gasteiger partial charge in [-0.3, -0.25) is 4.90 Å². The third kappa shape index (κ3) is 2.64. The Balaban J connectivity index is 1.87. The van der Waals surface area contributed by atoms with E-state index in [1.54, 1.807) is 0 Å². The molecule has 3 fully saturated rings. The van der Waals surface area contributed by atoms with Gasteiger partial charge < -0.3 is 5.73 Å². The molecule has 0 radical (unpaired) electrons. The van der Waals surface area contributed by atoms with Crippen LogP contribution in [-0.2, 0) is 9.84 Å². The number of piperidine rings is 1. The van der Waals surface area contributed by atoms with E-state index >= 15 is 0 Å². The largest absolute Gasteiger partial charge is 0.329 e. The number of fused-ring (bicyclic) bond motifs is 1. The molecule has 0 aromatic carbocycles. The topological polar surface area (TPSA) is 63.4 Å². The van der Waals surface area contributed by atoms with Gasteiger partial charge in [-0.2, -0.15) is 0 Å². The summed E-state index contributed by atoms with van der Waals surface area (Å²) in [5.41, 5.74) is 5.84. The molecule has 2 heterocycles. The summed E-state index contributed by atoms with van der Waals surface area (Å²) in [5.74, 6) is 1.43. The molecular formula is C15H28N2O2S. The van der Waals surface area contributed by atoms with E-state index in [-0.39, 0.29) is 5.54 Å². The molecule has 3 aliphatic rings. The maximum Gasteiger partial charge on any atom is 0.152 e. The first kappa shape index (κ1) is 14.8. The summed E-state index contributed by atoms with van der Waals surface area (Å²) in [6.45, 7) is 1.54. The van der Waals surface area contributed by atoms with Gasteiger partial charge in [0.15, 0.2) is 9.84 Å². The maximum absolute atomic E-state index is 12.1. The fraction of sp³-hybridized carbons (Fsp3) is 1.00. The molecule has 2 saturated heterocycles. The second-order valence-corrected chi connectivity index (χ2v) is 9.26. The van der Waals surface area contributed by atoms with Gasteiger partial charge in [-0.1, -0.05) is 12.8 Å². The molecule has 5 heteroatoms. The zero-order chi connectivity index (χ0) is 14.2. The van der Waals surface area contributed by atoms with Crippen molar-refractivity contribution in [3.05, 3.63) is 0 Å². The van der Waals surface area contributed by atoms with Crippen molar-refractivity contribution in [1.82, 2.24) is 4.90 Å². The van der Waals surface area contributed by atoms with Crippen LogP contribution in [0.15, 0.2) is 0 Å². The van der Waals surface area contributed by atoms with Crippen LogP contribution in [0.5, 0.6) is 0 Å². The van der Waals surface area contributed by atoms with Gasteiger partial charge in [0.2, 0.25) is 0 Å². The summed E-state index contributed by atoms with van der Waals surface area (Å²) >= 11 is 0. The SMILES string of the molecule is NCC1(N2CCC[C@H]3CCCC[C@H]32)CCCS(=O)(=O)C1. The molecule has 116 valence electrons. The summed E-state index contributed by atoms with van der Waals surface area (Å²) in [4.78, 5) is 2.54. The molecule has 0 spiro atoms. The minimum atomic E-state index is -2.91. The Morgan fingerprint density at radius 3 is 2.60 bits per heavy atom. The predicted molar refractivity (Wildman–Crippen MR) is 81.4 cm³/mol. The van der Waals surface area contributed by atoms with Crippen LogP contribution in [0, 0.1) is 5.92 Å². The highest BCUT2D eigenvalue weighted by Gasteiger charge is 2.48. The summed E-state index contributed by atoms with van der Waals surface area (Å²) in [6.07, 6.45) is 9.51. The average Bonchev–Trinajstić information content (AvgIpc) is 2.45. The second-order valence-electron chi connectivity index (χ2n) is 7.07. The number of hydrogen-bond acceptors (Lipinski definition) is 4. The minimum Gasteiger partial charge on any atom is -0.329 e. The molecular weight excluding hydrogens is 272 g/mol. The number of hydrogen-bond donors (Lipinski definition) is 1. The lowest BCUT2D eigenvalue weighted by Gasteiger charge is -2.54. The molecule has 0 aromatic heterocycles. The predicted octanol–water partition coefficient (Wildman–Crippen LogP) is 1.55. The van der Waals surface area contributed by atoms with Crippen molar-refractivity contribution in [1.29, 1.82) is 0 Å². The Hall–Kier alpha value is -0.130. The van der Waals surface area contributed by atoms with Crippen LogP contribution in [0.1, 0.15) is 51.4 Å². The van der Waals surface area contributed by atoms with E-state index in [1.165, 1.54) is 38.5 Å². The van der Waals surface area contributed by atoms with E-state index in [4.69, 9.17) is 5.73 Å². The number of likely N-dealkylation sites (tertiary alicyclic amines) is 1. The van der Waals surface area contributed by atoms with Crippen molar-refractivity contribution >= 4 is 9.84 Å². The van der Waals surface area contributed by atoms with Crippen LogP contribution in [0.3, 0.4) is 0 Å². The quantitative estimate of drug-likeness (QED) is 0.840. The van der Waals surface area contributed by atoms with E-state index in [0.717, 1.165) is 25.3 Å². The summed E-state index contributed by atoms with van der Waals surface area (Å²) in [5, 5.41) is 0. The van der Waals surface area contributed by atoms with Gasteiger partial charge in [-0.15, -0.1) is 0 Å². The van der Waals surface area contributed by atoms with Crippen molar-refractivity contribution in [2.45, 2.75) is 62.9 Å². The van der Waals surface area contributed by atoms with Gasteiger partial charge in [-0.25, -0.2) is 8.42 Å². The Morgan fingerprint density at radius 2 is 1.85 bits per heavy atom. The Labute approximate surface area is 123 Å². The molecule has 0 aromatic rings. The first-order valence-electron chi connectivity index (χ1n) is 8.24. The molecule has 20 heavy (non-hydrogen) atoms. The highest BCUT2D eigenvalue weighted by molar-refractivity contribution is 7.91. The Kier molecular flexibility index (Phi) is 4.13. The van der Waals surface area contributed by atoms with Crippen molar-refractivity contribution in [2.24, 2.45) is 11.7 Å². The first-order valence-corrected chi connectivity index (χ1v) is 10.1. The highest BCUT2D eigenvalue weighted by Crippen LogP contribution is 2.41. The minimum absolute atomic E-state index is 0.266. The standard InChI is InChI=1S/C15H28N2O2S/c16-11-15(8-4-10-20(18,19)12-15)17-9-3-6-13-5-1-2-7-14(13)17/h13-14H,1-12,16H2/t13-,14-,15?/m1/s1. The molecule has 4 nitrogen and oxygen atoms in total. The average molecular weight is 300 g/mol. The number of rotatable bonds is 2. The van der Waals surface area contributed by atoms with E-state index < -0.39 is 9.84 Å². The van der Waals surface area contributed by atoms with Crippen molar-refractivity contribution in [2.75, 3.05) is 24.6 Å². The number of nitrogens with zero attached hydrogens (tertiary/aromatic N) is 1. The fourth-order valence-corrected chi connectivity index (χ4v) is 6.87. The monoisotopic (exact) mass is 300 g/mol. The van der Waals surface area contributed by atoms with Crippen LogP contribution < -0.4 is 5.73 Å². The molecule has 2 aliphatic heterocycles. The molecule has 2 N–H and O–H groups in total. The van der Waals surface area contributed by atoms with Crippen LogP contribution in [0.25, 0.3) is 0 Å². The molecule has 0 amide bonds. The number of nitrogens with two attached hydrogens (primary N) is 1. The molecule has 3 rings (SSSR count). The molecule has 1 unspecified atom stereocenters. The van der Waals surface area contributed by atoms with Gasteiger partial charge in [0.1, 0.15) is 0 Å². The van der Waals surface area contributed by atoms with Crippen molar-refractivity contribution in [3.63, 3.8) is 0 Å². The fourth-order valence-electron chi connectivity index (χ4n) is 4.89. The Bertz CT molecular complexity index is 449. The van der Waals surface area contributed by atoms with Crippen LogP contribution >= 0.6 is 0 Å². The third-order valence-corrected chi connectivity index (χ3v) is 7.71. The van der Waals surface area contributed by atoms with Crippen molar-refractivity contribution < 1.29 is 8.42 Å². The van der Waals surface area contributed by atoms with E-state index in [1.807, 2.05) is 0 Å². The van der Waals surface area contributed by atoms with Crippen LogP contribution in [-0.4, -0.2) is 49.5 Å². The normalized spacial score (nSPS) is 42.0. The summed E-state index contributed by atoms with van der Waals surface area (Å²) < 4.78 is 24.3. The lowest BCUT2D eigenvalue weighted by Crippen LogP contribution is -2.66. The van der Waals surface area contributed by atoms with Gasteiger partial charge in [0, 0.05) is 18.1 Å². The zero-order valence-corrected chi connectivity index (χ0v) is 13.2. The number of sulfone groups is 1. The third-order valence-electron chi connectivity index (χ3n) is 5.82. The van der Waals surface area contributed by atoms with E-state index in [9.17, 15) is 8.42 Å². The molecule has 0 bridgehead atoms. The summed E-state index contributed by atoms with van der Waals surface area (Å²) in [6, 6.07) is 0.592. The Morgan fingerprint density at radius 1 is 1.10 bits per heavy atom. The molecule has 1 aliphatic carbocycles. The molecule has 3 atom stereocenters. The van der Waals surface area contributed by atoms with Gasteiger partial charge >= 0.3 is 0 Å². The van der Waals surface area contributed by atoms with E-state index in [2.05, 4.69) is 4.90 Å². The van der Waals surface area contributed by atoms with Crippen LogP contribution in [0.4, 0.5) is 0 Å². The van der Waals surface area contributed by atoms with Gasteiger partial charge in [0.25, 0.3) is 0 Å². The summed E-state index contributed by atoms with van der Waals surface area (Å²) in [7, 11) is -2.91. The smallest absolute Gasteiger partial charge is 0.152 e. The highest BCUT2D eigenvalue weighted by atomic mass is 32.2. The lowest BCUT2D eigenvalue weighted by atomic mass is 9.75.